The highest BCUT2D eigenvalue weighted by Crippen LogP contribution is 2.30. The number of carbonyl (C=O) groups is 5. The molecule has 1 fully saturated rings. The monoisotopic (exact) mass is 550 g/mol. The van der Waals surface area contributed by atoms with Gasteiger partial charge in [0.25, 0.3) is 0 Å². The van der Waals surface area contributed by atoms with E-state index >= 15 is 0 Å². The third-order valence-electron chi connectivity index (χ3n) is 5.45. The molecule has 212 valence electrons. The maximum atomic E-state index is 12.8. The molecule has 1 aliphatic rings. The van der Waals surface area contributed by atoms with Gasteiger partial charge in [-0.15, -0.1) is 0 Å². The molecule has 0 heterocycles. The number of Topliss-reactive ketones (excluding diaryl/α,β-unsaturated/α-hetero) is 1. The number of carboxylic acids is 3. The smallest absolute Gasteiger partial charge is 0.479 e. The summed E-state index contributed by atoms with van der Waals surface area (Å²) in [7, 11) is 1.91. The van der Waals surface area contributed by atoms with Gasteiger partial charge in [-0.25, -0.2) is 14.4 Å². The van der Waals surface area contributed by atoms with Gasteiger partial charge in [-0.2, -0.15) is 13.2 Å². The van der Waals surface area contributed by atoms with Crippen LogP contribution in [-0.2, 0) is 19.2 Å². The van der Waals surface area contributed by atoms with Gasteiger partial charge in [0.1, 0.15) is 0 Å². The minimum absolute atomic E-state index is 0.00420. The second-order valence-corrected chi connectivity index (χ2v) is 8.26. The Labute approximate surface area is 215 Å². The summed E-state index contributed by atoms with van der Waals surface area (Å²) in [4.78, 5) is 56.3. The standard InChI is InChI=1S/C21H28N2O8.C2HF3O2/c1-22-9-14-2-5-16(6-3-14)23(13-24)10-17(25)15-4-7-18(30-11-20(26)27)19(8-15)31-12-21(28)29;3-2(4,5)1(6)7/h4,7-8,13-14,16,22H,2-3,5-6,9-12H2,1H3,(H,26,27)(H,28,29);(H,6,7)/t14-,16-;. The zero-order chi connectivity index (χ0) is 28.9. The number of halogens is 3. The lowest BCUT2D eigenvalue weighted by Gasteiger charge is -2.34. The first-order valence-electron chi connectivity index (χ1n) is 11.3. The quantitative estimate of drug-likeness (QED) is 0.207. The van der Waals surface area contributed by atoms with Crippen LogP contribution in [0.15, 0.2) is 18.2 Å². The molecule has 0 bridgehead atoms. The van der Waals surface area contributed by atoms with E-state index in [1.807, 2.05) is 7.05 Å². The molecule has 1 aromatic rings. The van der Waals surface area contributed by atoms with Crippen molar-refractivity contribution in [2.24, 2.45) is 5.92 Å². The number of carboxylic acid groups (broad SMARTS) is 3. The summed E-state index contributed by atoms with van der Waals surface area (Å²) < 4.78 is 42.0. The number of nitrogens with one attached hydrogen (secondary N) is 1. The molecule has 0 aliphatic heterocycles. The van der Waals surface area contributed by atoms with Crippen LogP contribution in [0.25, 0.3) is 0 Å². The van der Waals surface area contributed by atoms with Crippen LogP contribution in [0.5, 0.6) is 11.5 Å². The van der Waals surface area contributed by atoms with E-state index < -0.39 is 37.3 Å². The topological polar surface area (TPSA) is 180 Å². The van der Waals surface area contributed by atoms with Crippen molar-refractivity contribution in [2.45, 2.75) is 37.9 Å². The lowest BCUT2D eigenvalue weighted by atomic mass is 9.85. The lowest BCUT2D eigenvalue weighted by molar-refractivity contribution is -0.192. The zero-order valence-corrected chi connectivity index (χ0v) is 20.4. The number of rotatable bonds is 13. The SMILES string of the molecule is CNC[C@H]1CC[C@H](N(C=O)CC(=O)c2ccc(OCC(=O)O)c(OCC(=O)O)c2)CC1.O=C(O)C(F)(F)F. The van der Waals surface area contributed by atoms with Gasteiger partial charge >= 0.3 is 24.1 Å². The van der Waals surface area contributed by atoms with Gasteiger partial charge < -0.3 is 35.0 Å². The van der Waals surface area contributed by atoms with Crippen LogP contribution in [0, 0.1) is 5.92 Å². The Morgan fingerprint density at radius 1 is 1.00 bits per heavy atom. The summed E-state index contributed by atoms with van der Waals surface area (Å²) in [5.41, 5.74) is 0.207. The normalized spacial score (nSPS) is 16.8. The fraction of sp³-hybridized carbons (Fsp3) is 0.522. The Bertz CT molecular complexity index is 979. The summed E-state index contributed by atoms with van der Waals surface area (Å²) >= 11 is 0. The van der Waals surface area contributed by atoms with E-state index in [9.17, 15) is 32.3 Å². The molecule has 38 heavy (non-hydrogen) atoms. The Balaban J connectivity index is 0.000000905. The average molecular weight is 550 g/mol. The van der Waals surface area contributed by atoms with Crippen LogP contribution in [0.2, 0.25) is 0 Å². The van der Waals surface area contributed by atoms with Gasteiger partial charge in [0.2, 0.25) is 6.41 Å². The van der Waals surface area contributed by atoms with Crippen LogP contribution in [-0.4, -0.2) is 95.9 Å². The molecule has 0 saturated heterocycles. The molecule has 15 heteroatoms. The molecule has 0 unspecified atom stereocenters. The fourth-order valence-electron chi connectivity index (χ4n) is 3.67. The van der Waals surface area contributed by atoms with Crippen molar-refractivity contribution >= 4 is 30.1 Å². The minimum atomic E-state index is -5.08. The van der Waals surface area contributed by atoms with Gasteiger partial charge in [-0.3, -0.25) is 9.59 Å². The predicted octanol–water partition coefficient (Wildman–Crippen LogP) is 1.67. The van der Waals surface area contributed by atoms with E-state index in [1.54, 1.807) is 0 Å². The van der Waals surface area contributed by atoms with Crippen LogP contribution >= 0.6 is 0 Å². The molecule has 1 aromatic carbocycles. The van der Waals surface area contributed by atoms with Crippen molar-refractivity contribution < 1.29 is 61.9 Å². The van der Waals surface area contributed by atoms with Gasteiger partial charge in [-0.05, 0) is 63.4 Å². The van der Waals surface area contributed by atoms with Gasteiger partial charge in [0, 0.05) is 11.6 Å². The fourth-order valence-corrected chi connectivity index (χ4v) is 3.67. The van der Waals surface area contributed by atoms with E-state index in [4.69, 9.17) is 29.6 Å². The second-order valence-electron chi connectivity index (χ2n) is 8.26. The number of alkyl halides is 3. The Morgan fingerprint density at radius 3 is 1.97 bits per heavy atom. The number of amides is 1. The summed E-state index contributed by atoms with van der Waals surface area (Å²) in [5.74, 6) is -5.02. The molecule has 0 radical (unpaired) electrons. The molecule has 1 aliphatic carbocycles. The molecular weight excluding hydrogens is 521 g/mol. The summed E-state index contributed by atoms with van der Waals surface area (Å²) in [6.07, 6.45) is -0.784. The zero-order valence-electron chi connectivity index (χ0n) is 20.4. The number of aliphatic carboxylic acids is 3. The van der Waals surface area contributed by atoms with Gasteiger partial charge in [0.15, 0.2) is 30.5 Å². The lowest BCUT2D eigenvalue weighted by Crippen LogP contribution is -2.41. The van der Waals surface area contributed by atoms with Crippen LogP contribution in [0.3, 0.4) is 0 Å². The van der Waals surface area contributed by atoms with E-state index in [2.05, 4.69) is 5.32 Å². The minimum Gasteiger partial charge on any atom is -0.479 e. The van der Waals surface area contributed by atoms with Crippen molar-refractivity contribution in [1.29, 1.82) is 0 Å². The number of ether oxygens (including phenoxy) is 2. The molecule has 12 nitrogen and oxygen atoms in total. The summed E-state index contributed by atoms with van der Waals surface area (Å²) in [6, 6.07) is 4.08. The molecule has 4 N–H and O–H groups in total. The number of ketones is 1. The number of nitrogens with zero attached hydrogens (tertiary/aromatic N) is 1. The maximum absolute atomic E-state index is 12.8. The predicted molar refractivity (Wildman–Crippen MR) is 123 cm³/mol. The molecule has 0 spiro atoms. The molecule has 0 aromatic heterocycles. The molecule has 1 saturated carbocycles. The van der Waals surface area contributed by atoms with E-state index in [-0.39, 0.29) is 35.4 Å². The van der Waals surface area contributed by atoms with E-state index in [1.165, 1.54) is 23.1 Å². The van der Waals surface area contributed by atoms with E-state index in [0.29, 0.717) is 12.3 Å². The van der Waals surface area contributed by atoms with Crippen LogP contribution in [0.4, 0.5) is 13.2 Å². The maximum Gasteiger partial charge on any atom is 0.490 e. The number of hydrogen-bond donors (Lipinski definition) is 4. The average Bonchev–Trinajstić information content (AvgIpc) is 2.85. The molecule has 2 rings (SSSR count). The largest absolute Gasteiger partial charge is 0.490 e. The van der Waals surface area contributed by atoms with Crippen molar-refractivity contribution in [1.82, 2.24) is 10.2 Å². The van der Waals surface area contributed by atoms with Gasteiger partial charge in [-0.1, -0.05) is 0 Å². The number of benzene rings is 1. The third-order valence-corrected chi connectivity index (χ3v) is 5.45. The number of hydrogen-bond acceptors (Lipinski definition) is 8. The first kappa shape index (κ1) is 32.1. The number of carbonyl (C=O) groups excluding carboxylic acids is 2. The van der Waals surface area contributed by atoms with Crippen molar-refractivity contribution in [2.75, 3.05) is 33.4 Å². The highest BCUT2D eigenvalue weighted by Gasteiger charge is 2.38. The molecular formula is C23H29F3N2O10. The first-order chi connectivity index (χ1) is 17.8. The van der Waals surface area contributed by atoms with Crippen molar-refractivity contribution in [3.63, 3.8) is 0 Å². The second kappa shape index (κ2) is 15.4. The Kier molecular flexibility index (Phi) is 13.0. The molecule has 1 amide bonds. The van der Waals surface area contributed by atoms with Crippen molar-refractivity contribution in [3.05, 3.63) is 23.8 Å². The summed E-state index contributed by atoms with van der Waals surface area (Å²) in [5, 5.41) is 27.9. The van der Waals surface area contributed by atoms with Gasteiger partial charge in [0.05, 0.1) is 6.54 Å². The van der Waals surface area contributed by atoms with E-state index in [0.717, 1.165) is 32.2 Å². The highest BCUT2D eigenvalue weighted by molar-refractivity contribution is 5.99. The Morgan fingerprint density at radius 2 is 1.53 bits per heavy atom. The third kappa shape index (κ3) is 11.5. The summed E-state index contributed by atoms with van der Waals surface area (Å²) in [6.45, 7) is -0.510. The van der Waals surface area contributed by atoms with Crippen LogP contribution in [0.1, 0.15) is 36.0 Å². The highest BCUT2D eigenvalue weighted by atomic mass is 19.4. The Hall–Kier alpha value is -3.88. The first-order valence-corrected chi connectivity index (χ1v) is 11.3. The van der Waals surface area contributed by atoms with Crippen LogP contribution < -0.4 is 14.8 Å². The molecule has 0 atom stereocenters. The van der Waals surface area contributed by atoms with Crippen molar-refractivity contribution in [3.8, 4) is 11.5 Å².